The number of hydrogen-bond donors (Lipinski definition) is 1. The number of benzene rings is 2. The summed E-state index contributed by atoms with van der Waals surface area (Å²) in [6, 6.07) is 17.0. The SMILES string of the molecule is CC(C)c1[nH]n(-c2cccc(Cl)c2)c(=O)c1-c1ccccc1. The quantitative estimate of drug-likeness (QED) is 0.753. The molecule has 0 unspecified atom stereocenters. The number of H-pyrrole nitrogens is 1. The van der Waals surface area contributed by atoms with Gasteiger partial charge in [-0.25, -0.2) is 4.68 Å². The molecule has 0 fully saturated rings. The number of rotatable bonds is 3. The van der Waals surface area contributed by atoms with E-state index in [4.69, 9.17) is 11.6 Å². The second-order valence-corrected chi connectivity index (χ2v) is 5.98. The summed E-state index contributed by atoms with van der Waals surface area (Å²) in [6.07, 6.45) is 0. The Bertz CT molecular complexity index is 847. The van der Waals surface area contributed by atoms with Gasteiger partial charge in [-0.05, 0) is 29.7 Å². The van der Waals surface area contributed by atoms with Crippen molar-refractivity contribution < 1.29 is 0 Å². The van der Waals surface area contributed by atoms with E-state index in [1.165, 1.54) is 0 Å². The summed E-state index contributed by atoms with van der Waals surface area (Å²) in [6.45, 7) is 4.14. The van der Waals surface area contributed by atoms with Gasteiger partial charge in [-0.3, -0.25) is 9.89 Å². The van der Waals surface area contributed by atoms with Crippen LogP contribution in [-0.2, 0) is 0 Å². The third-order valence-corrected chi connectivity index (χ3v) is 3.86. The molecule has 3 rings (SSSR count). The highest BCUT2D eigenvalue weighted by atomic mass is 35.5. The smallest absolute Gasteiger partial charge is 0.279 e. The molecule has 0 atom stereocenters. The number of nitrogens with zero attached hydrogens (tertiary/aromatic N) is 1. The Morgan fingerprint density at radius 1 is 1.05 bits per heavy atom. The molecule has 0 aliphatic heterocycles. The largest absolute Gasteiger partial charge is 0.294 e. The molecule has 2 aromatic carbocycles. The molecule has 1 N–H and O–H groups in total. The number of hydrogen-bond acceptors (Lipinski definition) is 1. The molecule has 3 nitrogen and oxygen atoms in total. The van der Waals surface area contributed by atoms with E-state index in [1.807, 2.05) is 42.5 Å². The zero-order valence-electron chi connectivity index (χ0n) is 12.5. The van der Waals surface area contributed by atoms with Gasteiger partial charge in [-0.1, -0.05) is 61.8 Å². The lowest BCUT2D eigenvalue weighted by Crippen LogP contribution is -2.15. The van der Waals surface area contributed by atoms with Crippen LogP contribution < -0.4 is 5.56 Å². The summed E-state index contributed by atoms with van der Waals surface area (Å²) in [7, 11) is 0. The van der Waals surface area contributed by atoms with Gasteiger partial charge in [-0.15, -0.1) is 0 Å². The first-order valence-corrected chi connectivity index (χ1v) is 7.62. The van der Waals surface area contributed by atoms with E-state index in [-0.39, 0.29) is 11.5 Å². The van der Waals surface area contributed by atoms with Gasteiger partial charge < -0.3 is 0 Å². The third-order valence-electron chi connectivity index (χ3n) is 3.62. The van der Waals surface area contributed by atoms with E-state index < -0.39 is 0 Å². The van der Waals surface area contributed by atoms with Crippen LogP contribution in [0.25, 0.3) is 16.8 Å². The van der Waals surface area contributed by atoms with Crippen molar-refractivity contribution in [2.75, 3.05) is 0 Å². The van der Waals surface area contributed by atoms with Crippen LogP contribution in [0.15, 0.2) is 59.4 Å². The molecular formula is C18H17ClN2O. The topological polar surface area (TPSA) is 37.8 Å². The maximum absolute atomic E-state index is 12.9. The minimum absolute atomic E-state index is 0.0582. The van der Waals surface area contributed by atoms with Gasteiger partial charge in [0.25, 0.3) is 5.56 Å². The Balaban J connectivity index is 2.25. The molecule has 3 aromatic rings. The lowest BCUT2D eigenvalue weighted by molar-refractivity contribution is 0.761. The molecule has 4 heteroatoms. The monoisotopic (exact) mass is 312 g/mol. The van der Waals surface area contributed by atoms with Crippen molar-refractivity contribution in [2.24, 2.45) is 0 Å². The van der Waals surface area contributed by atoms with Crippen LogP contribution >= 0.6 is 11.6 Å². The van der Waals surface area contributed by atoms with E-state index in [0.29, 0.717) is 5.02 Å². The van der Waals surface area contributed by atoms with Crippen molar-refractivity contribution in [3.8, 4) is 16.8 Å². The fourth-order valence-corrected chi connectivity index (χ4v) is 2.74. The Morgan fingerprint density at radius 3 is 2.41 bits per heavy atom. The van der Waals surface area contributed by atoms with Crippen LogP contribution in [0, 0.1) is 0 Å². The van der Waals surface area contributed by atoms with Gasteiger partial charge in [0.1, 0.15) is 0 Å². The van der Waals surface area contributed by atoms with Gasteiger partial charge in [0.05, 0.1) is 11.3 Å². The number of aromatic nitrogens is 2. The highest BCUT2D eigenvalue weighted by Crippen LogP contribution is 2.26. The van der Waals surface area contributed by atoms with Gasteiger partial charge in [0, 0.05) is 10.7 Å². The van der Waals surface area contributed by atoms with Gasteiger partial charge in [0.2, 0.25) is 0 Å². The first kappa shape index (κ1) is 14.7. The lowest BCUT2D eigenvalue weighted by Gasteiger charge is -2.05. The normalized spacial score (nSPS) is 11.1. The summed E-state index contributed by atoms with van der Waals surface area (Å²) < 4.78 is 1.56. The van der Waals surface area contributed by atoms with E-state index >= 15 is 0 Å². The second-order valence-electron chi connectivity index (χ2n) is 5.54. The average Bonchev–Trinajstić information content (AvgIpc) is 2.86. The van der Waals surface area contributed by atoms with Gasteiger partial charge >= 0.3 is 0 Å². The van der Waals surface area contributed by atoms with Crippen molar-refractivity contribution in [2.45, 2.75) is 19.8 Å². The molecular weight excluding hydrogens is 296 g/mol. The van der Waals surface area contributed by atoms with Crippen molar-refractivity contribution in [1.82, 2.24) is 9.78 Å². The predicted octanol–water partition coefficient (Wildman–Crippen LogP) is 4.61. The highest BCUT2D eigenvalue weighted by Gasteiger charge is 2.18. The van der Waals surface area contributed by atoms with Crippen LogP contribution in [-0.4, -0.2) is 9.78 Å². The Labute approximate surface area is 134 Å². The summed E-state index contributed by atoms with van der Waals surface area (Å²) >= 11 is 6.04. The van der Waals surface area contributed by atoms with Crippen LogP contribution in [0.4, 0.5) is 0 Å². The summed E-state index contributed by atoms with van der Waals surface area (Å²) in [5, 5.41) is 3.84. The van der Waals surface area contributed by atoms with Crippen molar-refractivity contribution in [3.05, 3.63) is 75.7 Å². The molecule has 0 amide bonds. The van der Waals surface area contributed by atoms with E-state index in [2.05, 4.69) is 18.9 Å². The molecule has 1 aromatic heterocycles. The number of nitrogens with one attached hydrogen (secondary N) is 1. The lowest BCUT2D eigenvalue weighted by atomic mass is 10.00. The van der Waals surface area contributed by atoms with Crippen LogP contribution in [0.3, 0.4) is 0 Å². The minimum atomic E-state index is -0.0582. The fourth-order valence-electron chi connectivity index (χ4n) is 2.55. The number of halogens is 1. The van der Waals surface area contributed by atoms with Crippen LogP contribution in [0.1, 0.15) is 25.5 Å². The average molecular weight is 313 g/mol. The molecule has 0 radical (unpaired) electrons. The first-order chi connectivity index (χ1) is 10.6. The molecule has 1 heterocycles. The molecule has 0 bridgehead atoms. The minimum Gasteiger partial charge on any atom is -0.294 e. The molecule has 112 valence electrons. The summed E-state index contributed by atoms with van der Waals surface area (Å²) in [5.41, 5.74) is 3.25. The van der Waals surface area contributed by atoms with E-state index in [9.17, 15) is 4.79 Å². The Hall–Kier alpha value is -2.26. The molecule has 0 saturated heterocycles. The summed E-state index contributed by atoms with van der Waals surface area (Å²) in [4.78, 5) is 12.9. The Morgan fingerprint density at radius 2 is 1.77 bits per heavy atom. The number of aromatic amines is 1. The Kier molecular flexibility index (Phi) is 3.90. The zero-order valence-corrected chi connectivity index (χ0v) is 13.3. The van der Waals surface area contributed by atoms with Gasteiger partial charge in [0.15, 0.2) is 0 Å². The maximum atomic E-state index is 12.9. The maximum Gasteiger partial charge on any atom is 0.279 e. The molecule has 0 aliphatic rings. The van der Waals surface area contributed by atoms with E-state index in [1.54, 1.807) is 16.8 Å². The van der Waals surface area contributed by atoms with Crippen LogP contribution in [0.5, 0.6) is 0 Å². The van der Waals surface area contributed by atoms with Crippen molar-refractivity contribution >= 4 is 11.6 Å². The standard InChI is InChI=1S/C18H17ClN2O/c1-12(2)17-16(13-7-4-3-5-8-13)18(22)21(20-17)15-10-6-9-14(19)11-15/h3-12,20H,1-2H3. The van der Waals surface area contributed by atoms with Gasteiger partial charge in [-0.2, -0.15) is 0 Å². The first-order valence-electron chi connectivity index (χ1n) is 7.24. The molecule has 0 aliphatic carbocycles. The zero-order chi connectivity index (χ0) is 15.7. The molecule has 22 heavy (non-hydrogen) atoms. The molecule has 0 saturated carbocycles. The second kappa shape index (κ2) is 5.85. The highest BCUT2D eigenvalue weighted by molar-refractivity contribution is 6.30. The van der Waals surface area contributed by atoms with Crippen molar-refractivity contribution in [3.63, 3.8) is 0 Å². The van der Waals surface area contributed by atoms with E-state index in [0.717, 1.165) is 22.5 Å². The van der Waals surface area contributed by atoms with Crippen LogP contribution in [0.2, 0.25) is 5.02 Å². The predicted molar refractivity (Wildman–Crippen MR) is 90.9 cm³/mol. The molecule has 0 spiro atoms. The van der Waals surface area contributed by atoms with Crippen molar-refractivity contribution in [1.29, 1.82) is 0 Å². The summed E-state index contributed by atoms with van der Waals surface area (Å²) in [5.74, 6) is 0.211. The fraction of sp³-hybridized carbons (Fsp3) is 0.167. The third kappa shape index (κ3) is 2.60.